The standard InChI is InChI=1S/C14H19N5O.2ClH/c1-9-12(10(2)19(3)18-9)5-7-14(20)17-11-4-6-13(15)16-8-11;;/h4,6,8H,5,7H2,1-3H3,(H2,15,16)(H,17,20);2*1H. The van der Waals surface area contributed by atoms with Gasteiger partial charge in [-0.1, -0.05) is 0 Å². The number of nitrogens with one attached hydrogen (secondary N) is 1. The van der Waals surface area contributed by atoms with E-state index in [1.54, 1.807) is 18.3 Å². The van der Waals surface area contributed by atoms with Crippen molar-refractivity contribution in [3.63, 3.8) is 0 Å². The van der Waals surface area contributed by atoms with Crippen molar-refractivity contribution in [2.75, 3.05) is 11.1 Å². The van der Waals surface area contributed by atoms with Crippen LogP contribution in [0.25, 0.3) is 0 Å². The minimum absolute atomic E-state index is 0. The van der Waals surface area contributed by atoms with Gasteiger partial charge in [0.2, 0.25) is 5.91 Å². The predicted molar refractivity (Wildman–Crippen MR) is 92.8 cm³/mol. The number of hydrogen-bond donors (Lipinski definition) is 2. The third-order valence-corrected chi connectivity index (χ3v) is 3.33. The zero-order valence-electron chi connectivity index (χ0n) is 12.8. The minimum Gasteiger partial charge on any atom is -0.384 e. The first-order valence-electron chi connectivity index (χ1n) is 6.48. The lowest BCUT2D eigenvalue weighted by Crippen LogP contribution is -2.13. The molecule has 22 heavy (non-hydrogen) atoms. The molecular weight excluding hydrogens is 325 g/mol. The Morgan fingerprint density at radius 2 is 2.00 bits per heavy atom. The number of nitrogen functional groups attached to an aromatic ring is 1. The van der Waals surface area contributed by atoms with E-state index < -0.39 is 0 Å². The molecule has 0 atom stereocenters. The lowest BCUT2D eigenvalue weighted by atomic mass is 10.1. The van der Waals surface area contributed by atoms with E-state index >= 15 is 0 Å². The summed E-state index contributed by atoms with van der Waals surface area (Å²) in [4.78, 5) is 15.8. The van der Waals surface area contributed by atoms with Gasteiger partial charge in [-0.25, -0.2) is 4.98 Å². The number of pyridine rings is 1. The Kier molecular flexibility index (Phi) is 7.90. The second-order valence-electron chi connectivity index (χ2n) is 4.79. The zero-order chi connectivity index (χ0) is 14.7. The van der Waals surface area contributed by atoms with Crippen LogP contribution in [0.15, 0.2) is 18.3 Å². The molecule has 0 aromatic carbocycles. The fourth-order valence-electron chi connectivity index (χ4n) is 2.12. The highest BCUT2D eigenvalue weighted by Crippen LogP contribution is 2.15. The molecule has 0 unspecified atom stereocenters. The maximum absolute atomic E-state index is 11.9. The Labute approximate surface area is 142 Å². The highest BCUT2D eigenvalue weighted by molar-refractivity contribution is 5.90. The largest absolute Gasteiger partial charge is 0.384 e. The monoisotopic (exact) mass is 345 g/mol. The van der Waals surface area contributed by atoms with Crippen LogP contribution in [-0.2, 0) is 18.3 Å². The van der Waals surface area contributed by atoms with Crippen LogP contribution < -0.4 is 11.1 Å². The van der Waals surface area contributed by atoms with Crippen LogP contribution in [0.2, 0.25) is 0 Å². The van der Waals surface area contributed by atoms with Gasteiger partial charge < -0.3 is 11.1 Å². The lowest BCUT2D eigenvalue weighted by Gasteiger charge is -2.05. The molecule has 8 heteroatoms. The quantitative estimate of drug-likeness (QED) is 0.890. The van der Waals surface area contributed by atoms with Crippen molar-refractivity contribution in [1.29, 1.82) is 0 Å². The van der Waals surface area contributed by atoms with Crippen LogP contribution in [0.3, 0.4) is 0 Å². The Morgan fingerprint density at radius 3 is 2.50 bits per heavy atom. The van der Waals surface area contributed by atoms with Gasteiger partial charge in [0.15, 0.2) is 0 Å². The first-order valence-corrected chi connectivity index (χ1v) is 6.48. The van der Waals surface area contributed by atoms with E-state index in [4.69, 9.17) is 5.73 Å². The van der Waals surface area contributed by atoms with Gasteiger partial charge in [0, 0.05) is 19.2 Å². The van der Waals surface area contributed by atoms with Crippen molar-refractivity contribution < 1.29 is 4.79 Å². The highest BCUT2D eigenvalue weighted by atomic mass is 35.5. The molecule has 0 aliphatic heterocycles. The van der Waals surface area contributed by atoms with Crippen LogP contribution in [0.5, 0.6) is 0 Å². The maximum Gasteiger partial charge on any atom is 0.224 e. The number of carbonyl (C=O) groups is 1. The van der Waals surface area contributed by atoms with E-state index in [0.29, 0.717) is 24.3 Å². The molecule has 0 fully saturated rings. The number of hydrogen-bond acceptors (Lipinski definition) is 4. The van der Waals surface area contributed by atoms with E-state index in [-0.39, 0.29) is 30.7 Å². The molecule has 0 saturated heterocycles. The molecule has 2 rings (SSSR count). The van der Waals surface area contributed by atoms with Crippen molar-refractivity contribution in [2.24, 2.45) is 7.05 Å². The van der Waals surface area contributed by atoms with Gasteiger partial charge in [0.05, 0.1) is 17.6 Å². The Hall–Kier alpha value is -1.79. The fraction of sp³-hybridized carbons (Fsp3) is 0.357. The molecule has 2 aromatic heterocycles. The summed E-state index contributed by atoms with van der Waals surface area (Å²) in [6, 6.07) is 3.39. The number of aryl methyl sites for hydroxylation is 2. The molecular formula is C14H21Cl2N5O. The van der Waals surface area contributed by atoms with Gasteiger partial charge in [0.25, 0.3) is 0 Å². The molecule has 0 bridgehead atoms. The van der Waals surface area contributed by atoms with Crippen molar-refractivity contribution in [2.45, 2.75) is 26.7 Å². The molecule has 6 nitrogen and oxygen atoms in total. The number of carbonyl (C=O) groups excluding carboxylic acids is 1. The molecule has 0 spiro atoms. The van der Waals surface area contributed by atoms with E-state index in [1.807, 2.05) is 25.6 Å². The Balaban J connectivity index is 0.00000220. The number of nitrogens with zero attached hydrogens (tertiary/aromatic N) is 3. The van der Waals surface area contributed by atoms with Gasteiger partial charge in [-0.3, -0.25) is 9.48 Å². The van der Waals surface area contributed by atoms with Crippen LogP contribution in [0.1, 0.15) is 23.4 Å². The molecule has 122 valence electrons. The van der Waals surface area contributed by atoms with Crippen LogP contribution in [-0.4, -0.2) is 20.7 Å². The molecule has 3 N–H and O–H groups in total. The average molecular weight is 346 g/mol. The molecule has 0 saturated carbocycles. The number of amides is 1. The average Bonchev–Trinajstić information content (AvgIpc) is 2.64. The number of halogens is 2. The second kappa shape index (κ2) is 8.60. The highest BCUT2D eigenvalue weighted by Gasteiger charge is 2.11. The second-order valence-corrected chi connectivity index (χ2v) is 4.79. The van der Waals surface area contributed by atoms with Crippen molar-refractivity contribution in [3.8, 4) is 0 Å². The topological polar surface area (TPSA) is 85.8 Å². The normalized spacial score (nSPS) is 9.59. The summed E-state index contributed by atoms with van der Waals surface area (Å²) in [5, 5.41) is 7.14. The van der Waals surface area contributed by atoms with E-state index in [2.05, 4.69) is 15.4 Å². The maximum atomic E-state index is 11.9. The SMILES string of the molecule is Cc1nn(C)c(C)c1CCC(=O)Nc1ccc(N)nc1.Cl.Cl. The fourth-order valence-corrected chi connectivity index (χ4v) is 2.12. The van der Waals surface area contributed by atoms with Gasteiger partial charge in [-0.15, -0.1) is 24.8 Å². The molecule has 2 aromatic rings. The number of nitrogens with two attached hydrogens (primary N) is 1. The predicted octanol–water partition coefficient (Wildman–Crippen LogP) is 2.43. The number of aromatic nitrogens is 3. The summed E-state index contributed by atoms with van der Waals surface area (Å²) in [7, 11) is 1.91. The van der Waals surface area contributed by atoms with E-state index in [0.717, 1.165) is 17.0 Å². The molecule has 2 heterocycles. The first-order chi connectivity index (χ1) is 9.47. The molecule has 0 radical (unpaired) electrons. The summed E-state index contributed by atoms with van der Waals surface area (Å²) in [5.41, 5.74) is 9.37. The van der Waals surface area contributed by atoms with E-state index in [1.165, 1.54) is 0 Å². The number of anilines is 2. The third kappa shape index (κ3) is 4.89. The summed E-state index contributed by atoms with van der Waals surface area (Å²) < 4.78 is 1.84. The summed E-state index contributed by atoms with van der Waals surface area (Å²) in [6.45, 7) is 3.97. The van der Waals surface area contributed by atoms with Gasteiger partial charge in [-0.05, 0) is 38.0 Å². The molecule has 0 aliphatic carbocycles. The first kappa shape index (κ1) is 20.2. The van der Waals surface area contributed by atoms with E-state index in [9.17, 15) is 4.79 Å². The summed E-state index contributed by atoms with van der Waals surface area (Å²) in [6.07, 6.45) is 2.64. The molecule has 1 amide bonds. The molecule has 0 aliphatic rings. The summed E-state index contributed by atoms with van der Waals surface area (Å²) >= 11 is 0. The van der Waals surface area contributed by atoms with Crippen molar-refractivity contribution in [3.05, 3.63) is 35.3 Å². The van der Waals surface area contributed by atoms with Gasteiger partial charge >= 0.3 is 0 Å². The van der Waals surface area contributed by atoms with Gasteiger partial charge in [0.1, 0.15) is 5.82 Å². The van der Waals surface area contributed by atoms with Gasteiger partial charge in [-0.2, -0.15) is 5.10 Å². The lowest BCUT2D eigenvalue weighted by molar-refractivity contribution is -0.116. The van der Waals surface area contributed by atoms with Crippen LogP contribution >= 0.6 is 24.8 Å². The van der Waals surface area contributed by atoms with Crippen molar-refractivity contribution in [1.82, 2.24) is 14.8 Å². The van der Waals surface area contributed by atoms with Crippen LogP contribution in [0.4, 0.5) is 11.5 Å². The Morgan fingerprint density at radius 1 is 1.32 bits per heavy atom. The Bertz CT molecular complexity index is 625. The third-order valence-electron chi connectivity index (χ3n) is 3.33. The van der Waals surface area contributed by atoms with Crippen molar-refractivity contribution >= 4 is 42.2 Å². The minimum atomic E-state index is -0.0424. The van der Waals surface area contributed by atoms with Crippen LogP contribution in [0, 0.1) is 13.8 Å². The number of rotatable bonds is 4. The summed E-state index contributed by atoms with van der Waals surface area (Å²) in [5.74, 6) is 0.392. The zero-order valence-corrected chi connectivity index (χ0v) is 14.4. The smallest absolute Gasteiger partial charge is 0.224 e.